The molecule has 2 N–H and O–H groups in total. The van der Waals surface area contributed by atoms with Gasteiger partial charge in [-0.25, -0.2) is 9.37 Å². The van der Waals surface area contributed by atoms with E-state index in [1.165, 1.54) is 41.0 Å². The van der Waals surface area contributed by atoms with Gasteiger partial charge >= 0.3 is 0 Å². The quantitative estimate of drug-likeness (QED) is 0.521. The van der Waals surface area contributed by atoms with E-state index >= 15 is 0 Å². The highest BCUT2D eigenvalue weighted by atomic mass is 32.1. The highest BCUT2D eigenvalue weighted by Gasteiger charge is 2.14. The van der Waals surface area contributed by atoms with Crippen LogP contribution in [-0.2, 0) is 19.4 Å². The second kappa shape index (κ2) is 6.87. The summed E-state index contributed by atoms with van der Waals surface area (Å²) in [5.41, 5.74) is 5.31. The lowest BCUT2D eigenvalue weighted by molar-refractivity contribution is 0.628. The zero-order valence-electron chi connectivity index (χ0n) is 15.1. The number of nitrogens with zero attached hydrogens (tertiary/aromatic N) is 1. The number of nitrogens with one attached hydrogen (secondary N) is 2. The summed E-state index contributed by atoms with van der Waals surface area (Å²) in [6, 6.07) is 12.6. The Morgan fingerprint density at radius 3 is 2.79 bits per heavy atom. The van der Waals surface area contributed by atoms with E-state index in [0.29, 0.717) is 22.6 Å². The van der Waals surface area contributed by atoms with Gasteiger partial charge in [-0.15, -0.1) is 11.3 Å². The van der Waals surface area contributed by atoms with Gasteiger partial charge in [0.2, 0.25) is 0 Å². The average Bonchev–Trinajstić information content (AvgIpc) is 3.33. The van der Waals surface area contributed by atoms with Crippen molar-refractivity contribution in [3.8, 4) is 11.1 Å². The summed E-state index contributed by atoms with van der Waals surface area (Å²) >= 11 is 1.43. The second-order valence-electron chi connectivity index (χ2n) is 7.04. The van der Waals surface area contributed by atoms with Crippen LogP contribution in [0, 0.1) is 5.82 Å². The molecular weight excluding hydrogens is 373 g/mol. The van der Waals surface area contributed by atoms with Gasteiger partial charge in [0.15, 0.2) is 0 Å². The number of thiophene rings is 1. The molecule has 0 unspecified atom stereocenters. The van der Waals surface area contributed by atoms with Gasteiger partial charge in [-0.1, -0.05) is 18.2 Å². The molecule has 0 fully saturated rings. The van der Waals surface area contributed by atoms with Crippen molar-refractivity contribution in [3.63, 3.8) is 0 Å². The van der Waals surface area contributed by atoms with Crippen molar-refractivity contribution < 1.29 is 4.39 Å². The minimum atomic E-state index is -0.296. The molecule has 4 aromatic rings. The standard InChI is InChI=1S/C22H18FN3OS/c23-16-7-4-14(5-8-16)18-12-28-22-20(18)21(27)25-19(26-22)11-24-17-9-6-13-2-1-3-15(13)10-17/h4-10,12,24H,1-3,11H2,(H,25,26,27). The zero-order chi connectivity index (χ0) is 19.1. The second-order valence-corrected chi connectivity index (χ2v) is 7.90. The average molecular weight is 391 g/mol. The zero-order valence-corrected chi connectivity index (χ0v) is 15.9. The number of aryl methyl sites for hydroxylation is 2. The Bertz CT molecular complexity index is 1230. The monoisotopic (exact) mass is 391 g/mol. The molecule has 0 atom stereocenters. The number of benzene rings is 2. The number of aromatic nitrogens is 2. The SMILES string of the molecule is O=c1[nH]c(CNc2ccc3c(c2)CCC3)nc2scc(-c3ccc(F)cc3)c12. The van der Waals surface area contributed by atoms with E-state index in [9.17, 15) is 9.18 Å². The summed E-state index contributed by atoms with van der Waals surface area (Å²) in [6.07, 6.45) is 3.52. The third-order valence-electron chi connectivity index (χ3n) is 5.21. The predicted molar refractivity (Wildman–Crippen MR) is 111 cm³/mol. The summed E-state index contributed by atoms with van der Waals surface area (Å²) in [5, 5.41) is 5.81. The lowest BCUT2D eigenvalue weighted by Gasteiger charge is -2.08. The molecule has 1 aliphatic carbocycles. The van der Waals surface area contributed by atoms with Gasteiger partial charge in [0, 0.05) is 16.6 Å². The maximum Gasteiger partial charge on any atom is 0.260 e. The number of aromatic amines is 1. The Balaban J connectivity index is 1.42. The molecule has 5 rings (SSSR count). The Hall–Kier alpha value is -2.99. The van der Waals surface area contributed by atoms with Gasteiger partial charge < -0.3 is 10.3 Å². The summed E-state index contributed by atoms with van der Waals surface area (Å²) < 4.78 is 13.2. The number of halogens is 1. The lowest BCUT2D eigenvalue weighted by atomic mass is 10.1. The molecule has 2 aromatic carbocycles. The summed E-state index contributed by atoms with van der Waals surface area (Å²) in [4.78, 5) is 20.9. The molecule has 0 spiro atoms. The Morgan fingerprint density at radius 2 is 1.93 bits per heavy atom. The Morgan fingerprint density at radius 1 is 1.11 bits per heavy atom. The van der Waals surface area contributed by atoms with Crippen LogP contribution < -0.4 is 10.9 Å². The van der Waals surface area contributed by atoms with Crippen molar-refractivity contribution in [1.82, 2.24) is 9.97 Å². The highest BCUT2D eigenvalue weighted by Crippen LogP contribution is 2.31. The first-order valence-corrected chi connectivity index (χ1v) is 10.2. The molecular formula is C22H18FN3OS. The van der Waals surface area contributed by atoms with Crippen LogP contribution in [0.15, 0.2) is 52.6 Å². The topological polar surface area (TPSA) is 57.8 Å². The Labute approximate surface area is 165 Å². The third-order valence-corrected chi connectivity index (χ3v) is 6.08. The van der Waals surface area contributed by atoms with Crippen molar-refractivity contribution in [2.45, 2.75) is 25.8 Å². The van der Waals surface area contributed by atoms with Gasteiger partial charge in [-0.05, 0) is 60.2 Å². The molecule has 28 heavy (non-hydrogen) atoms. The van der Waals surface area contributed by atoms with E-state index in [-0.39, 0.29) is 11.4 Å². The molecule has 0 bridgehead atoms. The largest absolute Gasteiger partial charge is 0.378 e. The molecule has 6 heteroatoms. The first-order chi connectivity index (χ1) is 13.7. The lowest BCUT2D eigenvalue weighted by Crippen LogP contribution is -2.14. The highest BCUT2D eigenvalue weighted by molar-refractivity contribution is 7.17. The third kappa shape index (κ3) is 3.10. The fourth-order valence-electron chi connectivity index (χ4n) is 3.79. The minimum absolute atomic E-state index is 0.170. The molecule has 0 aliphatic heterocycles. The molecule has 1 aliphatic rings. The number of fused-ring (bicyclic) bond motifs is 2. The van der Waals surface area contributed by atoms with Gasteiger partial charge in [0.25, 0.3) is 5.56 Å². The first kappa shape index (κ1) is 17.1. The van der Waals surface area contributed by atoms with E-state index < -0.39 is 0 Å². The maximum atomic E-state index is 13.2. The fraction of sp³-hybridized carbons (Fsp3) is 0.182. The maximum absolute atomic E-state index is 13.2. The van der Waals surface area contributed by atoms with Gasteiger partial charge in [0.05, 0.1) is 11.9 Å². The van der Waals surface area contributed by atoms with Crippen molar-refractivity contribution in [3.05, 3.63) is 81.0 Å². The smallest absolute Gasteiger partial charge is 0.260 e. The van der Waals surface area contributed by atoms with Crippen LogP contribution in [0.25, 0.3) is 21.3 Å². The molecule has 0 saturated carbocycles. The predicted octanol–water partition coefficient (Wildman–Crippen LogP) is 4.89. The summed E-state index contributed by atoms with van der Waals surface area (Å²) in [5.74, 6) is 0.306. The first-order valence-electron chi connectivity index (χ1n) is 9.29. The van der Waals surface area contributed by atoms with E-state index in [0.717, 1.165) is 29.7 Å². The van der Waals surface area contributed by atoms with Crippen LogP contribution in [0.3, 0.4) is 0 Å². The number of hydrogen-bond acceptors (Lipinski definition) is 4. The molecule has 0 amide bonds. The van der Waals surface area contributed by atoms with Crippen molar-refractivity contribution >= 4 is 27.2 Å². The molecule has 4 nitrogen and oxygen atoms in total. The van der Waals surface area contributed by atoms with E-state index in [1.54, 1.807) is 12.1 Å². The van der Waals surface area contributed by atoms with Crippen LogP contribution in [0.1, 0.15) is 23.4 Å². The normalized spacial score (nSPS) is 13.0. The molecule has 2 heterocycles. The fourth-order valence-corrected chi connectivity index (χ4v) is 4.75. The van der Waals surface area contributed by atoms with Gasteiger partial charge in [0.1, 0.15) is 16.5 Å². The van der Waals surface area contributed by atoms with Crippen molar-refractivity contribution in [1.29, 1.82) is 0 Å². The molecule has 140 valence electrons. The van der Waals surface area contributed by atoms with Crippen LogP contribution in [0.5, 0.6) is 0 Å². The van der Waals surface area contributed by atoms with Crippen molar-refractivity contribution in [2.24, 2.45) is 0 Å². The minimum Gasteiger partial charge on any atom is -0.378 e. The van der Waals surface area contributed by atoms with Gasteiger partial charge in [-0.3, -0.25) is 4.79 Å². The molecule has 2 aromatic heterocycles. The summed E-state index contributed by atoms with van der Waals surface area (Å²) in [6.45, 7) is 0.452. The number of anilines is 1. The van der Waals surface area contributed by atoms with Crippen LogP contribution in [0.4, 0.5) is 10.1 Å². The Kier molecular flexibility index (Phi) is 4.20. The van der Waals surface area contributed by atoms with E-state index in [1.807, 2.05) is 5.38 Å². The van der Waals surface area contributed by atoms with E-state index in [4.69, 9.17) is 0 Å². The molecule has 0 saturated heterocycles. The number of H-pyrrole nitrogens is 1. The van der Waals surface area contributed by atoms with Gasteiger partial charge in [-0.2, -0.15) is 0 Å². The molecule has 0 radical (unpaired) electrons. The van der Waals surface area contributed by atoms with Crippen LogP contribution in [-0.4, -0.2) is 9.97 Å². The van der Waals surface area contributed by atoms with E-state index in [2.05, 4.69) is 33.5 Å². The van der Waals surface area contributed by atoms with Crippen LogP contribution >= 0.6 is 11.3 Å². The number of rotatable bonds is 4. The van der Waals surface area contributed by atoms with Crippen LogP contribution in [0.2, 0.25) is 0 Å². The summed E-state index contributed by atoms with van der Waals surface area (Å²) in [7, 11) is 0. The van der Waals surface area contributed by atoms with Crippen molar-refractivity contribution in [2.75, 3.05) is 5.32 Å². The number of hydrogen-bond donors (Lipinski definition) is 2.